The van der Waals surface area contributed by atoms with Crippen LogP contribution in [-0.4, -0.2) is 58.8 Å². The summed E-state index contributed by atoms with van der Waals surface area (Å²) in [5.74, 6) is -0.0328. The van der Waals surface area contributed by atoms with E-state index in [0.717, 1.165) is 36.3 Å². The Morgan fingerprint density at radius 3 is 2.67 bits per heavy atom. The van der Waals surface area contributed by atoms with Gasteiger partial charge in [-0.15, -0.1) is 0 Å². The monoisotopic (exact) mass is 315 g/mol. The zero-order valence-corrected chi connectivity index (χ0v) is 12.3. The van der Waals surface area contributed by atoms with E-state index in [1.165, 1.54) is 0 Å². The lowest BCUT2D eigenvalue weighted by Crippen LogP contribution is -2.53. The Balaban J connectivity index is 1.81. The third kappa shape index (κ3) is 3.54. The summed E-state index contributed by atoms with van der Waals surface area (Å²) in [6, 6.07) is 0. The van der Waals surface area contributed by atoms with Crippen LogP contribution >= 0.6 is 15.9 Å². The van der Waals surface area contributed by atoms with Gasteiger partial charge in [-0.2, -0.15) is 5.10 Å². The molecule has 0 aromatic carbocycles. The lowest BCUT2D eigenvalue weighted by atomic mass is 10.4. The predicted octanol–water partition coefficient (Wildman–Crippen LogP) is 0.233. The molecule has 0 saturated carbocycles. The minimum atomic E-state index is -0.0328. The van der Waals surface area contributed by atoms with Gasteiger partial charge in [-0.1, -0.05) is 0 Å². The van der Waals surface area contributed by atoms with Gasteiger partial charge in [0.1, 0.15) is 6.54 Å². The highest BCUT2D eigenvalue weighted by Gasteiger charge is 2.16. The van der Waals surface area contributed by atoms with Crippen LogP contribution in [0.5, 0.6) is 0 Å². The van der Waals surface area contributed by atoms with E-state index in [1.807, 2.05) is 18.1 Å². The molecule has 1 saturated heterocycles. The van der Waals surface area contributed by atoms with Crippen LogP contribution in [0.15, 0.2) is 10.7 Å². The number of aromatic nitrogens is 2. The van der Waals surface area contributed by atoms with Crippen LogP contribution < -0.4 is 5.43 Å². The summed E-state index contributed by atoms with van der Waals surface area (Å²) in [4.78, 5) is 14.1. The molecule has 0 bridgehead atoms. The second kappa shape index (κ2) is 5.81. The maximum Gasteiger partial charge on any atom is 0.255 e. The van der Waals surface area contributed by atoms with E-state index in [2.05, 4.69) is 38.4 Å². The van der Waals surface area contributed by atoms with Crippen molar-refractivity contribution in [3.05, 3.63) is 16.4 Å². The minimum Gasteiger partial charge on any atom is -0.304 e. The molecule has 1 aromatic heterocycles. The number of hydrogen-bond donors (Lipinski definition) is 1. The number of nitrogens with zero attached hydrogens (tertiary/aromatic N) is 4. The van der Waals surface area contributed by atoms with Crippen LogP contribution in [0.4, 0.5) is 0 Å². The summed E-state index contributed by atoms with van der Waals surface area (Å²) in [5.41, 5.74) is 3.80. The molecule has 1 N–H and O–H groups in total. The number of amides is 1. The maximum absolute atomic E-state index is 11.8. The van der Waals surface area contributed by atoms with Crippen molar-refractivity contribution in [1.29, 1.82) is 0 Å². The molecule has 7 heteroatoms. The Hall–Kier alpha value is -0.920. The first-order valence-electron chi connectivity index (χ1n) is 5.97. The van der Waals surface area contributed by atoms with Crippen molar-refractivity contribution in [2.45, 2.75) is 13.5 Å². The maximum atomic E-state index is 11.8. The summed E-state index contributed by atoms with van der Waals surface area (Å²) in [5, 5.41) is 6.20. The number of aryl methyl sites for hydroxylation is 1. The Morgan fingerprint density at radius 2 is 2.11 bits per heavy atom. The smallest absolute Gasteiger partial charge is 0.255 e. The molecular weight excluding hydrogens is 298 g/mol. The molecule has 0 radical (unpaired) electrons. The van der Waals surface area contributed by atoms with Crippen molar-refractivity contribution in [2.24, 2.45) is 0 Å². The molecule has 1 aliphatic rings. The molecule has 2 rings (SSSR count). The largest absolute Gasteiger partial charge is 0.304 e. The number of rotatable bonds is 3. The molecule has 0 atom stereocenters. The number of carbonyl (C=O) groups is 1. The molecule has 100 valence electrons. The molecule has 18 heavy (non-hydrogen) atoms. The fourth-order valence-electron chi connectivity index (χ4n) is 1.85. The Labute approximate surface area is 115 Å². The van der Waals surface area contributed by atoms with Crippen molar-refractivity contribution in [1.82, 2.24) is 25.1 Å². The number of hydrogen-bond acceptors (Lipinski definition) is 4. The third-order valence-corrected chi connectivity index (χ3v) is 3.76. The van der Waals surface area contributed by atoms with E-state index in [-0.39, 0.29) is 12.5 Å². The van der Waals surface area contributed by atoms with Gasteiger partial charge in [0.05, 0.1) is 10.2 Å². The SMILES string of the molecule is Cc1nn(CC(=O)NN2CCN(C)CC2)cc1Br. The van der Waals surface area contributed by atoms with E-state index in [9.17, 15) is 4.79 Å². The Bertz CT molecular complexity index is 406. The number of piperazine rings is 1. The van der Waals surface area contributed by atoms with Crippen LogP contribution in [-0.2, 0) is 11.3 Å². The van der Waals surface area contributed by atoms with E-state index in [4.69, 9.17) is 0 Å². The van der Waals surface area contributed by atoms with Gasteiger partial charge in [0.25, 0.3) is 5.91 Å². The van der Waals surface area contributed by atoms with Gasteiger partial charge in [-0.25, -0.2) is 5.01 Å². The van der Waals surface area contributed by atoms with Gasteiger partial charge in [-0.05, 0) is 29.9 Å². The van der Waals surface area contributed by atoms with E-state index in [0.29, 0.717) is 0 Å². The second-order valence-electron chi connectivity index (χ2n) is 4.59. The standard InChI is InChI=1S/C11H18BrN5O/c1-9-10(12)7-17(13-9)8-11(18)14-16-5-3-15(2)4-6-16/h7H,3-6,8H2,1-2H3,(H,14,18). The minimum absolute atomic E-state index is 0.0328. The summed E-state index contributed by atoms with van der Waals surface area (Å²) in [7, 11) is 2.09. The quantitative estimate of drug-likeness (QED) is 0.868. The number of halogens is 1. The van der Waals surface area contributed by atoms with E-state index in [1.54, 1.807) is 4.68 Å². The van der Waals surface area contributed by atoms with Gasteiger partial charge in [-0.3, -0.25) is 14.9 Å². The highest BCUT2D eigenvalue weighted by Crippen LogP contribution is 2.12. The molecule has 1 amide bonds. The predicted molar refractivity (Wildman–Crippen MR) is 71.9 cm³/mol. The van der Waals surface area contributed by atoms with E-state index >= 15 is 0 Å². The lowest BCUT2D eigenvalue weighted by Gasteiger charge is -2.32. The molecule has 1 aliphatic heterocycles. The highest BCUT2D eigenvalue weighted by molar-refractivity contribution is 9.10. The average molecular weight is 316 g/mol. The molecule has 0 unspecified atom stereocenters. The van der Waals surface area contributed by atoms with Crippen molar-refractivity contribution in [3.8, 4) is 0 Å². The number of nitrogens with one attached hydrogen (secondary N) is 1. The molecule has 0 spiro atoms. The third-order valence-electron chi connectivity index (χ3n) is 2.98. The second-order valence-corrected chi connectivity index (χ2v) is 5.44. The van der Waals surface area contributed by atoms with Gasteiger partial charge < -0.3 is 4.90 Å². The van der Waals surface area contributed by atoms with Crippen LogP contribution in [0, 0.1) is 6.92 Å². The van der Waals surface area contributed by atoms with Crippen LogP contribution in [0.3, 0.4) is 0 Å². The highest BCUT2D eigenvalue weighted by atomic mass is 79.9. The Kier molecular flexibility index (Phi) is 4.36. The first-order valence-corrected chi connectivity index (χ1v) is 6.76. The van der Waals surface area contributed by atoms with Gasteiger partial charge in [0.2, 0.25) is 0 Å². The molecule has 2 heterocycles. The van der Waals surface area contributed by atoms with Crippen molar-refractivity contribution in [2.75, 3.05) is 33.2 Å². The van der Waals surface area contributed by atoms with Crippen LogP contribution in [0.25, 0.3) is 0 Å². The zero-order valence-electron chi connectivity index (χ0n) is 10.7. The first-order chi connectivity index (χ1) is 8.54. The number of carbonyl (C=O) groups excluding carboxylic acids is 1. The van der Waals surface area contributed by atoms with Crippen LogP contribution in [0.1, 0.15) is 5.69 Å². The fraction of sp³-hybridized carbons (Fsp3) is 0.636. The van der Waals surface area contributed by atoms with Crippen LogP contribution in [0.2, 0.25) is 0 Å². The van der Waals surface area contributed by atoms with Crippen molar-refractivity contribution >= 4 is 21.8 Å². The summed E-state index contributed by atoms with van der Waals surface area (Å²) in [6.07, 6.45) is 1.82. The zero-order chi connectivity index (χ0) is 13.1. The van der Waals surface area contributed by atoms with Crippen molar-refractivity contribution in [3.63, 3.8) is 0 Å². The van der Waals surface area contributed by atoms with Gasteiger partial charge in [0.15, 0.2) is 0 Å². The van der Waals surface area contributed by atoms with Crippen molar-refractivity contribution < 1.29 is 4.79 Å². The lowest BCUT2D eigenvalue weighted by molar-refractivity contribution is -0.127. The summed E-state index contributed by atoms with van der Waals surface area (Å²) >= 11 is 3.38. The topological polar surface area (TPSA) is 53.4 Å². The molecule has 1 fully saturated rings. The molecule has 6 nitrogen and oxygen atoms in total. The molecule has 1 aromatic rings. The summed E-state index contributed by atoms with van der Waals surface area (Å²) in [6.45, 7) is 5.84. The number of likely N-dealkylation sites (N-methyl/N-ethyl adjacent to an activating group) is 1. The first kappa shape index (κ1) is 13.5. The average Bonchev–Trinajstić information content (AvgIpc) is 2.61. The summed E-state index contributed by atoms with van der Waals surface area (Å²) < 4.78 is 2.57. The van der Waals surface area contributed by atoms with Gasteiger partial charge in [0, 0.05) is 32.4 Å². The molecule has 0 aliphatic carbocycles. The normalized spacial score (nSPS) is 17.9. The van der Waals surface area contributed by atoms with Gasteiger partial charge >= 0.3 is 0 Å². The fourth-order valence-corrected chi connectivity index (χ4v) is 2.17. The Morgan fingerprint density at radius 1 is 1.44 bits per heavy atom. The molecular formula is C11H18BrN5O. The van der Waals surface area contributed by atoms with E-state index < -0.39 is 0 Å². The number of hydrazine groups is 1.